The predicted octanol–water partition coefficient (Wildman–Crippen LogP) is 0.405. The second-order valence-electron chi connectivity index (χ2n) is 4.68. The summed E-state index contributed by atoms with van der Waals surface area (Å²) in [7, 11) is 2.20. The van der Waals surface area contributed by atoms with Gasteiger partial charge in [-0.1, -0.05) is 0 Å². The molecule has 4 heteroatoms. The standard InChI is InChI=1S/C11H18N4/c1-14-5-3-9(7-14)15-8-13-10-6-12-4-2-11(10)15/h8-9,12H,2-7H2,1H3. The molecule has 0 aliphatic carbocycles. The van der Waals surface area contributed by atoms with Crippen molar-refractivity contribution in [3.8, 4) is 0 Å². The van der Waals surface area contributed by atoms with Crippen LogP contribution in [0.3, 0.4) is 0 Å². The Bertz CT molecular complexity index is 357. The zero-order chi connectivity index (χ0) is 10.3. The largest absolute Gasteiger partial charge is 0.330 e. The van der Waals surface area contributed by atoms with Crippen molar-refractivity contribution in [2.24, 2.45) is 0 Å². The quantitative estimate of drug-likeness (QED) is 0.722. The second kappa shape index (κ2) is 3.61. The molecule has 82 valence electrons. The van der Waals surface area contributed by atoms with E-state index in [4.69, 9.17) is 0 Å². The fourth-order valence-corrected chi connectivity index (χ4v) is 2.71. The fraction of sp³-hybridized carbons (Fsp3) is 0.727. The van der Waals surface area contributed by atoms with E-state index in [1.807, 2.05) is 6.33 Å². The Hall–Kier alpha value is -0.870. The molecule has 3 heterocycles. The van der Waals surface area contributed by atoms with Crippen molar-refractivity contribution in [3.63, 3.8) is 0 Å². The highest BCUT2D eigenvalue weighted by Crippen LogP contribution is 2.24. The maximum absolute atomic E-state index is 4.51. The van der Waals surface area contributed by atoms with Gasteiger partial charge in [0.1, 0.15) is 0 Å². The number of imidazole rings is 1. The van der Waals surface area contributed by atoms with E-state index in [-0.39, 0.29) is 0 Å². The van der Waals surface area contributed by atoms with E-state index in [2.05, 4.69) is 26.8 Å². The second-order valence-corrected chi connectivity index (χ2v) is 4.68. The number of likely N-dealkylation sites (tertiary alicyclic amines) is 1. The molecule has 1 aromatic heterocycles. The molecule has 0 bridgehead atoms. The maximum Gasteiger partial charge on any atom is 0.0955 e. The van der Waals surface area contributed by atoms with Crippen LogP contribution < -0.4 is 5.32 Å². The van der Waals surface area contributed by atoms with E-state index in [9.17, 15) is 0 Å². The molecule has 3 rings (SSSR count). The van der Waals surface area contributed by atoms with Crippen LogP contribution in [0.1, 0.15) is 23.9 Å². The van der Waals surface area contributed by atoms with Crippen LogP contribution in [0.5, 0.6) is 0 Å². The lowest BCUT2D eigenvalue weighted by Gasteiger charge is -2.19. The summed E-state index contributed by atoms with van der Waals surface area (Å²) in [6.07, 6.45) is 4.45. The van der Waals surface area contributed by atoms with E-state index in [1.165, 1.54) is 30.9 Å². The average Bonchev–Trinajstić information content (AvgIpc) is 2.83. The lowest BCUT2D eigenvalue weighted by Crippen LogP contribution is -2.26. The normalized spacial score (nSPS) is 26.9. The van der Waals surface area contributed by atoms with Crippen LogP contribution >= 0.6 is 0 Å². The highest BCUT2D eigenvalue weighted by molar-refractivity contribution is 5.17. The summed E-state index contributed by atoms with van der Waals surface area (Å²) in [5.41, 5.74) is 2.73. The highest BCUT2D eigenvalue weighted by Gasteiger charge is 2.25. The fourth-order valence-electron chi connectivity index (χ4n) is 2.71. The minimum atomic E-state index is 0.657. The number of hydrogen-bond acceptors (Lipinski definition) is 3. The number of likely N-dealkylation sites (N-methyl/N-ethyl adjacent to an activating group) is 1. The van der Waals surface area contributed by atoms with Gasteiger partial charge in [0.2, 0.25) is 0 Å². The van der Waals surface area contributed by atoms with E-state index >= 15 is 0 Å². The van der Waals surface area contributed by atoms with Gasteiger partial charge in [-0.3, -0.25) is 0 Å². The first-order chi connectivity index (χ1) is 7.34. The van der Waals surface area contributed by atoms with Gasteiger partial charge in [-0.15, -0.1) is 0 Å². The average molecular weight is 206 g/mol. The van der Waals surface area contributed by atoms with Crippen molar-refractivity contribution in [3.05, 3.63) is 17.7 Å². The van der Waals surface area contributed by atoms with Crippen LogP contribution in [0.2, 0.25) is 0 Å². The van der Waals surface area contributed by atoms with Crippen LogP contribution in [0.15, 0.2) is 6.33 Å². The third-order valence-electron chi connectivity index (χ3n) is 3.57. The molecule has 1 N–H and O–H groups in total. The first kappa shape index (κ1) is 9.36. The molecule has 1 aromatic rings. The topological polar surface area (TPSA) is 33.1 Å². The molecule has 15 heavy (non-hydrogen) atoms. The number of rotatable bonds is 1. The Morgan fingerprint density at radius 2 is 2.47 bits per heavy atom. The van der Waals surface area contributed by atoms with Gasteiger partial charge in [0.05, 0.1) is 12.0 Å². The third kappa shape index (κ3) is 1.58. The van der Waals surface area contributed by atoms with Crippen molar-refractivity contribution in [1.82, 2.24) is 19.8 Å². The number of aromatic nitrogens is 2. The van der Waals surface area contributed by atoms with E-state index in [1.54, 1.807) is 0 Å². The van der Waals surface area contributed by atoms with E-state index in [0.29, 0.717) is 6.04 Å². The molecule has 0 saturated carbocycles. The molecule has 0 aromatic carbocycles. The van der Waals surface area contributed by atoms with Crippen molar-refractivity contribution >= 4 is 0 Å². The molecule has 1 unspecified atom stereocenters. The highest BCUT2D eigenvalue weighted by atomic mass is 15.2. The number of fused-ring (bicyclic) bond motifs is 1. The minimum Gasteiger partial charge on any atom is -0.330 e. The SMILES string of the molecule is CN1CCC(n2cnc3c2CCNC3)C1. The van der Waals surface area contributed by atoms with Gasteiger partial charge < -0.3 is 14.8 Å². The summed E-state index contributed by atoms with van der Waals surface area (Å²) in [4.78, 5) is 6.91. The zero-order valence-corrected chi connectivity index (χ0v) is 9.24. The van der Waals surface area contributed by atoms with E-state index < -0.39 is 0 Å². The minimum absolute atomic E-state index is 0.657. The molecular formula is C11H18N4. The number of hydrogen-bond donors (Lipinski definition) is 1. The number of nitrogens with one attached hydrogen (secondary N) is 1. The summed E-state index contributed by atoms with van der Waals surface area (Å²) in [6, 6.07) is 0.657. The van der Waals surface area contributed by atoms with Crippen molar-refractivity contribution in [1.29, 1.82) is 0 Å². The predicted molar refractivity (Wildman–Crippen MR) is 58.8 cm³/mol. The summed E-state index contributed by atoms with van der Waals surface area (Å²) >= 11 is 0. The summed E-state index contributed by atoms with van der Waals surface area (Å²) in [5.74, 6) is 0. The molecule has 4 nitrogen and oxygen atoms in total. The van der Waals surface area contributed by atoms with Crippen LogP contribution in [0.25, 0.3) is 0 Å². The summed E-state index contributed by atoms with van der Waals surface area (Å²) in [6.45, 7) is 4.44. The van der Waals surface area contributed by atoms with Gasteiger partial charge in [-0.2, -0.15) is 0 Å². The first-order valence-electron chi connectivity index (χ1n) is 5.78. The maximum atomic E-state index is 4.51. The van der Waals surface area contributed by atoms with E-state index in [0.717, 1.165) is 19.5 Å². The molecule has 0 amide bonds. The Kier molecular flexibility index (Phi) is 2.25. The van der Waals surface area contributed by atoms with Crippen molar-refractivity contribution in [2.45, 2.75) is 25.4 Å². The molecule has 2 aliphatic heterocycles. The Morgan fingerprint density at radius 3 is 3.27 bits per heavy atom. The Labute approximate surface area is 90.3 Å². The van der Waals surface area contributed by atoms with Gasteiger partial charge in [-0.05, 0) is 20.0 Å². The zero-order valence-electron chi connectivity index (χ0n) is 9.24. The molecule has 0 radical (unpaired) electrons. The molecule has 2 aliphatic rings. The molecule has 0 spiro atoms. The van der Waals surface area contributed by atoms with Crippen LogP contribution in [-0.4, -0.2) is 41.1 Å². The third-order valence-corrected chi connectivity index (χ3v) is 3.57. The summed E-state index contributed by atoms with van der Waals surface area (Å²) in [5, 5.41) is 3.37. The molecular weight excluding hydrogens is 188 g/mol. The van der Waals surface area contributed by atoms with Crippen LogP contribution in [-0.2, 0) is 13.0 Å². The van der Waals surface area contributed by atoms with Gasteiger partial charge in [-0.25, -0.2) is 4.98 Å². The van der Waals surface area contributed by atoms with Gasteiger partial charge >= 0.3 is 0 Å². The molecule has 1 saturated heterocycles. The Balaban J connectivity index is 1.88. The monoisotopic (exact) mass is 206 g/mol. The van der Waals surface area contributed by atoms with Crippen LogP contribution in [0, 0.1) is 0 Å². The smallest absolute Gasteiger partial charge is 0.0955 e. The van der Waals surface area contributed by atoms with Gasteiger partial charge in [0, 0.05) is 37.8 Å². The summed E-state index contributed by atoms with van der Waals surface area (Å²) < 4.78 is 2.42. The van der Waals surface area contributed by atoms with Gasteiger partial charge in [0.25, 0.3) is 0 Å². The lowest BCUT2D eigenvalue weighted by atomic mass is 10.1. The van der Waals surface area contributed by atoms with Crippen molar-refractivity contribution in [2.75, 3.05) is 26.7 Å². The molecule has 1 atom stereocenters. The Morgan fingerprint density at radius 1 is 1.53 bits per heavy atom. The first-order valence-corrected chi connectivity index (χ1v) is 5.78. The molecule has 1 fully saturated rings. The van der Waals surface area contributed by atoms with Gasteiger partial charge in [0.15, 0.2) is 0 Å². The van der Waals surface area contributed by atoms with Crippen molar-refractivity contribution < 1.29 is 0 Å². The van der Waals surface area contributed by atoms with Crippen LogP contribution in [0.4, 0.5) is 0 Å². The lowest BCUT2D eigenvalue weighted by molar-refractivity contribution is 0.388. The number of nitrogens with zero attached hydrogens (tertiary/aromatic N) is 3.